The van der Waals surface area contributed by atoms with E-state index in [9.17, 15) is 9.59 Å². The second kappa shape index (κ2) is 9.09. The Bertz CT molecular complexity index is 1520. The summed E-state index contributed by atoms with van der Waals surface area (Å²) < 4.78 is 11.0. The van der Waals surface area contributed by atoms with E-state index >= 15 is 0 Å². The number of fused-ring (bicyclic) bond motifs is 3. The van der Waals surface area contributed by atoms with Crippen LogP contribution >= 0.6 is 23.2 Å². The van der Waals surface area contributed by atoms with Crippen LogP contribution in [0, 0.1) is 6.92 Å². The molecule has 3 N–H and O–H groups in total. The molecule has 0 aliphatic carbocycles. The first-order valence-electron chi connectivity index (χ1n) is 10.9. The summed E-state index contributed by atoms with van der Waals surface area (Å²) in [6.45, 7) is 3.66. The van der Waals surface area contributed by atoms with Gasteiger partial charge in [-0.25, -0.2) is 9.97 Å². The Balaban J connectivity index is 1.51. The minimum absolute atomic E-state index is 0.129. The van der Waals surface area contributed by atoms with Gasteiger partial charge in [-0.05, 0) is 32.0 Å². The highest BCUT2D eigenvalue weighted by molar-refractivity contribution is 6.36. The fourth-order valence-corrected chi connectivity index (χ4v) is 4.65. The molecule has 0 saturated heterocycles. The highest BCUT2D eigenvalue weighted by Crippen LogP contribution is 2.39. The van der Waals surface area contributed by atoms with Crippen LogP contribution in [-0.4, -0.2) is 45.9 Å². The Kier molecular flexibility index (Phi) is 6.07. The summed E-state index contributed by atoms with van der Waals surface area (Å²) in [6.07, 6.45) is 3.11. The van der Waals surface area contributed by atoms with Gasteiger partial charge in [-0.1, -0.05) is 23.2 Å². The van der Waals surface area contributed by atoms with E-state index in [4.69, 9.17) is 32.7 Å². The van der Waals surface area contributed by atoms with Gasteiger partial charge >= 0.3 is 0 Å². The average molecular weight is 526 g/mol. The zero-order chi connectivity index (χ0) is 25.6. The van der Waals surface area contributed by atoms with Crippen LogP contribution < -0.4 is 15.4 Å². The van der Waals surface area contributed by atoms with E-state index in [0.29, 0.717) is 50.3 Å². The van der Waals surface area contributed by atoms with Crippen molar-refractivity contribution in [2.75, 3.05) is 24.4 Å². The molecule has 36 heavy (non-hydrogen) atoms. The van der Waals surface area contributed by atoms with Crippen LogP contribution in [0.25, 0.3) is 11.0 Å². The van der Waals surface area contributed by atoms with Crippen molar-refractivity contribution >= 4 is 57.3 Å². The number of halogens is 2. The van der Waals surface area contributed by atoms with Gasteiger partial charge in [-0.3, -0.25) is 9.59 Å². The number of ether oxygens (including phenoxy) is 2. The third-order valence-electron chi connectivity index (χ3n) is 5.83. The van der Waals surface area contributed by atoms with Crippen LogP contribution in [0.1, 0.15) is 28.5 Å². The van der Waals surface area contributed by atoms with Crippen LogP contribution in [0.3, 0.4) is 0 Å². The summed E-state index contributed by atoms with van der Waals surface area (Å²) in [4.78, 5) is 37.9. The van der Waals surface area contributed by atoms with Crippen molar-refractivity contribution in [1.29, 1.82) is 0 Å². The molecule has 184 valence electrons. The molecule has 1 aliphatic rings. The molecular weight excluding hydrogens is 505 g/mol. The lowest BCUT2D eigenvalue weighted by Crippen LogP contribution is -2.53. The highest BCUT2D eigenvalue weighted by Gasteiger charge is 2.39. The zero-order valence-electron chi connectivity index (χ0n) is 19.5. The van der Waals surface area contributed by atoms with E-state index in [-0.39, 0.29) is 28.9 Å². The first-order chi connectivity index (χ1) is 17.2. The van der Waals surface area contributed by atoms with E-state index in [1.54, 1.807) is 50.4 Å². The van der Waals surface area contributed by atoms with Crippen molar-refractivity contribution < 1.29 is 19.1 Å². The quantitative estimate of drug-likeness (QED) is 0.289. The summed E-state index contributed by atoms with van der Waals surface area (Å²) in [5, 5.41) is 7.32. The van der Waals surface area contributed by atoms with E-state index in [1.165, 1.54) is 13.3 Å². The standard InChI is InChI=1S/C25H21Cl2N5O4/c1-12-6-13(26)7-19(30-12)36-14-4-5-15(17(27)8-14)22(33)16-9-28-23-20(16)21-18(10-29-23)31-24(34)25(2,32-21)11-35-3/h4-10,32H,11H2,1-3H3,(H,28,29)(H,31,34)/t25-/m0/s1. The molecule has 0 radical (unpaired) electrons. The minimum atomic E-state index is -1.03. The Morgan fingerprint density at radius 2 is 1.97 bits per heavy atom. The van der Waals surface area contributed by atoms with Crippen molar-refractivity contribution in [2.24, 2.45) is 0 Å². The van der Waals surface area contributed by atoms with Crippen molar-refractivity contribution in [3.8, 4) is 11.6 Å². The fraction of sp³-hybridized carbons (Fsp3) is 0.200. The number of hydrogen-bond acceptors (Lipinski definition) is 7. The highest BCUT2D eigenvalue weighted by atomic mass is 35.5. The number of amides is 1. The molecule has 4 aromatic rings. The van der Waals surface area contributed by atoms with Crippen molar-refractivity contribution in [1.82, 2.24) is 15.0 Å². The Labute approximate surface area is 216 Å². The van der Waals surface area contributed by atoms with E-state index < -0.39 is 5.54 Å². The predicted octanol–water partition coefficient (Wildman–Crippen LogP) is 5.37. The van der Waals surface area contributed by atoms with Crippen LogP contribution in [0.4, 0.5) is 11.4 Å². The number of aryl methyl sites for hydroxylation is 1. The van der Waals surface area contributed by atoms with Gasteiger partial charge in [0.2, 0.25) is 5.88 Å². The number of nitrogens with one attached hydrogen (secondary N) is 3. The van der Waals surface area contributed by atoms with Crippen molar-refractivity contribution in [3.63, 3.8) is 0 Å². The molecule has 0 saturated carbocycles. The Hall–Kier alpha value is -3.66. The minimum Gasteiger partial charge on any atom is -0.439 e. The summed E-state index contributed by atoms with van der Waals surface area (Å²) in [7, 11) is 1.52. The third-order valence-corrected chi connectivity index (χ3v) is 6.36. The van der Waals surface area contributed by atoms with E-state index in [2.05, 4.69) is 25.6 Å². The number of aromatic nitrogens is 3. The van der Waals surface area contributed by atoms with Crippen molar-refractivity contribution in [3.05, 3.63) is 69.6 Å². The largest absolute Gasteiger partial charge is 0.439 e. The Morgan fingerprint density at radius 3 is 2.69 bits per heavy atom. The number of methoxy groups -OCH3 is 1. The van der Waals surface area contributed by atoms with E-state index in [1.807, 2.05) is 0 Å². The number of aromatic amines is 1. The van der Waals surface area contributed by atoms with Gasteiger partial charge in [0.15, 0.2) is 5.78 Å². The molecular formula is C25H21Cl2N5O4. The molecule has 1 atom stereocenters. The molecule has 4 heterocycles. The first kappa shape index (κ1) is 24.1. The monoisotopic (exact) mass is 525 g/mol. The van der Waals surface area contributed by atoms with Gasteiger partial charge in [-0.15, -0.1) is 0 Å². The SMILES string of the molecule is COC[C@]1(C)Nc2c(cnc3[nH]cc(C(=O)c4ccc(Oc5cc(Cl)cc(C)n5)cc4Cl)c23)NC1=O. The molecule has 11 heteroatoms. The molecule has 0 spiro atoms. The summed E-state index contributed by atoms with van der Waals surface area (Å²) in [5.41, 5.74) is 1.82. The summed E-state index contributed by atoms with van der Waals surface area (Å²) in [5.74, 6) is 0.140. The second-order valence-electron chi connectivity index (χ2n) is 8.65. The van der Waals surface area contributed by atoms with Crippen LogP contribution in [0.15, 0.2) is 42.7 Å². The second-order valence-corrected chi connectivity index (χ2v) is 9.50. The molecule has 5 rings (SSSR count). The normalized spacial score (nSPS) is 16.9. The number of H-pyrrole nitrogens is 1. The van der Waals surface area contributed by atoms with Gasteiger partial charge in [0.1, 0.15) is 16.9 Å². The number of hydrogen-bond donors (Lipinski definition) is 3. The number of anilines is 2. The smallest absolute Gasteiger partial charge is 0.252 e. The average Bonchev–Trinajstić information content (AvgIpc) is 3.24. The lowest BCUT2D eigenvalue weighted by atomic mass is 9.96. The predicted molar refractivity (Wildman–Crippen MR) is 138 cm³/mol. The molecule has 0 unspecified atom stereocenters. The maximum Gasteiger partial charge on any atom is 0.252 e. The number of ketones is 1. The third kappa shape index (κ3) is 4.26. The molecule has 9 nitrogen and oxygen atoms in total. The Morgan fingerprint density at radius 1 is 1.17 bits per heavy atom. The molecule has 1 amide bonds. The van der Waals surface area contributed by atoms with Gasteiger partial charge in [0.25, 0.3) is 5.91 Å². The molecule has 1 aromatic carbocycles. The van der Waals surface area contributed by atoms with Gasteiger partial charge in [0, 0.05) is 41.7 Å². The molecule has 3 aromatic heterocycles. The summed E-state index contributed by atoms with van der Waals surface area (Å²) in [6, 6.07) is 8.07. The molecule has 0 fully saturated rings. The molecule has 0 bridgehead atoms. The van der Waals surface area contributed by atoms with Gasteiger partial charge in [0.05, 0.1) is 40.2 Å². The van der Waals surface area contributed by atoms with Crippen molar-refractivity contribution in [2.45, 2.75) is 19.4 Å². The zero-order valence-corrected chi connectivity index (χ0v) is 21.0. The lowest BCUT2D eigenvalue weighted by molar-refractivity contribution is -0.121. The maximum atomic E-state index is 13.6. The van der Waals surface area contributed by atoms with Crippen LogP contribution in [0.5, 0.6) is 11.6 Å². The number of pyridine rings is 2. The maximum absolute atomic E-state index is 13.6. The molecule has 1 aliphatic heterocycles. The number of nitrogens with zero attached hydrogens (tertiary/aromatic N) is 2. The fourth-order valence-electron chi connectivity index (χ4n) is 4.14. The summed E-state index contributed by atoms with van der Waals surface area (Å²) >= 11 is 12.6. The lowest BCUT2D eigenvalue weighted by Gasteiger charge is -2.35. The van der Waals surface area contributed by atoms with E-state index in [0.717, 1.165) is 0 Å². The first-order valence-corrected chi connectivity index (χ1v) is 11.7. The number of benzene rings is 1. The van der Waals surface area contributed by atoms with Crippen LogP contribution in [0.2, 0.25) is 10.0 Å². The number of carbonyl (C=O) groups excluding carboxylic acids is 2. The number of carbonyl (C=O) groups is 2. The topological polar surface area (TPSA) is 118 Å². The van der Waals surface area contributed by atoms with Gasteiger partial charge in [-0.2, -0.15) is 0 Å². The van der Waals surface area contributed by atoms with Crippen LogP contribution in [-0.2, 0) is 9.53 Å². The number of rotatable bonds is 6. The van der Waals surface area contributed by atoms with Gasteiger partial charge < -0.3 is 25.1 Å².